The molecular weight excluding hydrogens is 292 g/mol. The number of rotatable bonds is 0. The fraction of sp³-hybridized carbons (Fsp3) is 0.0909. The molecule has 0 saturated heterocycles. The van der Waals surface area contributed by atoms with Gasteiger partial charge >= 0.3 is 0 Å². The molecule has 0 unspecified atom stereocenters. The number of pyridine rings is 2. The van der Waals surface area contributed by atoms with Crippen molar-refractivity contribution in [1.29, 1.82) is 0 Å². The molecule has 0 aliphatic carbocycles. The summed E-state index contributed by atoms with van der Waals surface area (Å²) in [5, 5.41) is 2.69. The third kappa shape index (κ3) is 1.55. The van der Waals surface area contributed by atoms with E-state index in [2.05, 4.69) is 82.2 Å². The van der Waals surface area contributed by atoms with Crippen molar-refractivity contribution >= 4 is 10.8 Å². The van der Waals surface area contributed by atoms with Gasteiger partial charge in [0.15, 0.2) is 25.5 Å². The van der Waals surface area contributed by atoms with Crippen LogP contribution in [0.4, 0.5) is 0 Å². The summed E-state index contributed by atoms with van der Waals surface area (Å²) in [5.74, 6) is 0. The second-order valence-electron chi connectivity index (χ2n) is 6.79. The molecule has 0 bridgehead atoms. The minimum absolute atomic E-state index is 0.976. The molecule has 4 aromatic rings. The van der Waals surface area contributed by atoms with Gasteiger partial charge < -0.3 is 0 Å². The molecule has 0 amide bonds. The fourth-order valence-electron chi connectivity index (χ4n) is 4.27. The molecule has 0 spiro atoms. The van der Waals surface area contributed by atoms with Crippen molar-refractivity contribution in [1.82, 2.24) is 0 Å². The SMILES string of the molecule is c1cc[n+]2c(c1)-c1cc3cc4c(cc3cc1C2)-c1cccc[n+]1C4. The Hall–Kier alpha value is -3.00. The summed E-state index contributed by atoms with van der Waals surface area (Å²) in [6.45, 7) is 1.95. The predicted molar refractivity (Wildman–Crippen MR) is 93.4 cm³/mol. The number of fused-ring (bicyclic) bond motifs is 7. The molecule has 2 aromatic carbocycles. The maximum Gasteiger partial charge on any atom is 0.213 e. The van der Waals surface area contributed by atoms with Gasteiger partial charge in [0.25, 0.3) is 0 Å². The van der Waals surface area contributed by atoms with Gasteiger partial charge in [0.1, 0.15) is 0 Å². The summed E-state index contributed by atoms with van der Waals surface area (Å²) in [6, 6.07) is 22.4. The van der Waals surface area contributed by atoms with Gasteiger partial charge in [-0.3, -0.25) is 0 Å². The molecule has 2 nitrogen and oxygen atoms in total. The average molecular weight is 308 g/mol. The van der Waals surface area contributed by atoms with E-state index in [1.54, 1.807) is 0 Å². The summed E-state index contributed by atoms with van der Waals surface area (Å²) in [5.41, 5.74) is 8.26. The van der Waals surface area contributed by atoms with Crippen LogP contribution >= 0.6 is 0 Å². The van der Waals surface area contributed by atoms with E-state index in [4.69, 9.17) is 0 Å². The van der Waals surface area contributed by atoms with Crippen LogP contribution in [-0.2, 0) is 13.1 Å². The van der Waals surface area contributed by atoms with E-state index < -0.39 is 0 Å². The molecule has 0 N–H and O–H groups in total. The lowest BCUT2D eigenvalue weighted by Gasteiger charge is -2.03. The highest BCUT2D eigenvalue weighted by Gasteiger charge is 2.28. The lowest BCUT2D eigenvalue weighted by molar-refractivity contribution is -0.672. The molecule has 2 aliphatic rings. The van der Waals surface area contributed by atoms with Crippen LogP contribution in [0.2, 0.25) is 0 Å². The molecule has 24 heavy (non-hydrogen) atoms. The highest BCUT2D eigenvalue weighted by Crippen LogP contribution is 2.35. The van der Waals surface area contributed by atoms with Crippen molar-refractivity contribution in [2.45, 2.75) is 13.1 Å². The predicted octanol–water partition coefficient (Wildman–Crippen LogP) is 3.47. The van der Waals surface area contributed by atoms with E-state index >= 15 is 0 Å². The maximum atomic E-state index is 2.38. The van der Waals surface area contributed by atoms with E-state index in [1.807, 2.05) is 0 Å². The highest BCUT2D eigenvalue weighted by atomic mass is 15.0. The van der Waals surface area contributed by atoms with Gasteiger partial charge in [-0.25, -0.2) is 0 Å². The number of nitrogens with zero attached hydrogens (tertiary/aromatic N) is 2. The lowest BCUT2D eigenvalue weighted by atomic mass is 9.96. The third-order valence-electron chi connectivity index (χ3n) is 5.40. The largest absolute Gasteiger partial charge is 0.213 e. The van der Waals surface area contributed by atoms with Crippen molar-refractivity contribution < 1.29 is 9.13 Å². The van der Waals surface area contributed by atoms with E-state index in [0.717, 1.165) is 13.1 Å². The Morgan fingerprint density at radius 2 is 1.08 bits per heavy atom. The Morgan fingerprint density at radius 3 is 1.58 bits per heavy atom. The minimum Gasteiger partial charge on any atom is -0.194 e. The van der Waals surface area contributed by atoms with Crippen molar-refractivity contribution in [3.8, 4) is 22.5 Å². The van der Waals surface area contributed by atoms with E-state index in [1.165, 1.54) is 44.4 Å². The first-order chi connectivity index (χ1) is 11.9. The van der Waals surface area contributed by atoms with Gasteiger partial charge in [0, 0.05) is 35.4 Å². The average Bonchev–Trinajstić information content (AvgIpc) is 3.15. The molecule has 2 aliphatic heterocycles. The molecule has 0 atom stereocenters. The van der Waals surface area contributed by atoms with Crippen LogP contribution in [-0.4, -0.2) is 0 Å². The van der Waals surface area contributed by atoms with E-state index in [9.17, 15) is 0 Å². The minimum atomic E-state index is 0.976. The van der Waals surface area contributed by atoms with Crippen LogP contribution in [0.25, 0.3) is 33.3 Å². The number of hydrogen-bond donors (Lipinski definition) is 0. The Kier molecular flexibility index (Phi) is 2.22. The van der Waals surface area contributed by atoms with Crippen LogP contribution in [0.1, 0.15) is 11.1 Å². The van der Waals surface area contributed by atoms with E-state index in [0.29, 0.717) is 0 Å². The highest BCUT2D eigenvalue weighted by molar-refractivity contribution is 5.92. The van der Waals surface area contributed by atoms with Gasteiger partial charge in [-0.1, -0.05) is 0 Å². The van der Waals surface area contributed by atoms with Crippen molar-refractivity contribution in [3.63, 3.8) is 0 Å². The second kappa shape index (κ2) is 4.30. The van der Waals surface area contributed by atoms with Crippen molar-refractivity contribution in [2.24, 2.45) is 0 Å². The first kappa shape index (κ1) is 12.4. The normalized spacial score (nSPS) is 13.5. The molecule has 6 rings (SSSR count). The number of hydrogen-bond acceptors (Lipinski definition) is 0. The van der Waals surface area contributed by atoms with Gasteiger partial charge in [-0.15, -0.1) is 0 Å². The fourth-order valence-corrected chi connectivity index (χ4v) is 4.27. The van der Waals surface area contributed by atoms with Crippen LogP contribution in [0.15, 0.2) is 73.1 Å². The monoisotopic (exact) mass is 308 g/mol. The molecule has 112 valence electrons. The molecule has 4 heterocycles. The zero-order chi connectivity index (χ0) is 15.7. The standard InChI is InChI=1S/C22H16N2/c1-3-7-23-13-17-9-16-12-20-18(14-24-8-4-2-6-22(20)24)10-15(16)11-19(17)21(23)5-1/h1-12H,13-14H2/q+2. The Bertz CT molecular complexity index is 1070. The van der Waals surface area contributed by atoms with Gasteiger partial charge in [0.2, 0.25) is 11.4 Å². The van der Waals surface area contributed by atoms with Crippen molar-refractivity contribution in [2.75, 3.05) is 0 Å². The summed E-state index contributed by atoms with van der Waals surface area (Å²) in [6.07, 6.45) is 4.35. The summed E-state index contributed by atoms with van der Waals surface area (Å²) < 4.78 is 4.67. The molecular formula is C22H16N2+2. The van der Waals surface area contributed by atoms with Crippen molar-refractivity contribution in [3.05, 3.63) is 84.2 Å². The van der Waals surface area contributed by atoms with Gasteiger partial charge in [-0.2, -0.15) is 9.13 Å². The first-order valence-corrected chi connectivity index (χ1v) is 8.44. The Balaban J connectivity index is 1.61. The maximum absolute atomic E-state index is 2.38. The van der Waals surface area contributed by atoms with Crippen LogP contribution in [0.5, 0.6) is 0 Å². The summed E-state index contributed by atoms with van der Waals surface area (Å²) >= 11 is 0. The first-order valence-electron chi connectivity index (χ1n) is 8.44. The van der Waals surface area contributed by atoms with Gasteiger partial charge in [-0.05, 0) is 47.2 Å². The Labute approximate surface area is 140 Å². The summed E-state index contributed by atoms with van der Waals surface area (Å²) in [7, 11) is 0. The smallest absolute Gasteiger partial charge is 0.194 e. The molecule has 0 radical (unpaired) electrons. The summed E-state index contributed by atoms with van der Waals surface area (Å²) in [4.78, 5) is 0. The quantitative estimate of drug-likeness (QED) is 0.380. The second-order valence-corrected chi connectivity index (χ2v) is 6.79. The van der Waals surface area contributed by atoms with Gasteiger partial charge in [0.05, 0.1) is 11.1 Å². The molecule has 2 aromatic heterocycles. The third-order valence-corrected chi connectivity index (χ3v) is 5.40. The number of benzene rings is 2. The zero-order valence-electron chi connectivity index (χ0n) is 13.2. The number of aromatic nitrogens is 2. The van der Waals surface area contributed by atoms with E-state index in [-0.39, 0.29) is 0 Å². The van der Waals surface area contributed by atoms with Crippen LogP contribution < -0.4 is 9.13 Å². The Morgan fingerprint density at radius 1 is 0.583 bits per heavy atom. The molecule has 0 fully saturated rings. The lowest BCUT2D eigenvalue weighted by Crippen LogP contribution is -2.31. The topological polar surface area (TPSA) is 7.76 Å². The molecule has 2 heteroatoms. The molecule has 0 saturated carbocycles. The van der Waals surface area contributed by atoms with Crippen LogP contribution in [0, 0.1) is 0 Å². The zero-order valence-corrected chi connectivity index (χ0v) is 13.2. The van der Waals surface area contributed by atoms with Crippen LogP contribution in [0.3, 0.4) is 0 Å².